The number of benzene rings is 9. The normalized spacial score (nSPS) is 11.8. The Kier molecular flexibility index (Phi) is 8.01. The van der Waals surface area contributed by atoms with Crippen LogP contribution in [0.15, 0.2) is 212 Å². The molecule has 0 amide bonds. The number of para-hydroxylation sites is 2. The zero-order chi connectivity index (χ0) is 41.4. The largest absolute Gasteiger partial charge is 0.307 e. The molecule has 6 heteroatoms. The van der Waals surface area contributed by atoms with E-state index in [4.69, 9.17) is 15.0 Å². The molecule has 0 aliphatic carbocycles. The predicted molar refractivity (Wildman–Crippen MR) is 263 cm³/mol. The van der Waals surface area contributed by atoms with E-state index in [1.807, 2.05) is 18.2 Å². The smallest absolute Gasteiger partial charge is 0.238 e. The van der Waals surface area contributed by atoms with Crippen LogP contribution in [0.5, 0.6) is 0 Å². The second kappa shape index (κ2) is 14.2. The Morgan fingerprint density at radius 2 is 0.794 bits per heavy atom. The summed E-state index contributed by atoms with van der Waals surface area (Å²) in [4.78, 5) is 16.0. The molecular formula is C57H35N5S. The summed E-state index contributed by atoms with van der Waals surface area (Å²) < 4.78 is 7.17. The molecule has 0 fully saturated rings. The molecule has 0 atom stereocenters. The lowest BCUT2D eigenvalue weighted by Gasteiger charge is -2.14. The number of rotatable bonds is 6. The van der Waals surface area contributed by atoms with E-state index in [0.29, 0.717) is 17.6 Å². The zero-order valence-electron chi connectivity index (χ0n) is 33.9. The third-order valence-corrected chi connectivity index (χ3v) is 13.5. The van der Waals surface area contributed by atoms with Gasteiger partial charge in [-0.25, -0.2) is 4.98 Å². The molecule has 0 radical (unpaired) electrons. The van der Waals surface area contributed by atoms with Gasteiger partial charge in [0.15, 0.2) is 11.6 Å². The van der Waals surface area contributed by atoms with E-state index >= 15 is 0 Å². The number of fused-ring (bicyclic) bond motifs is 10. The fraction of sp³-hybridized carbons (Fsp3) is 0. The van der Waals surface area contributed by atoms with Gasteiger partial charge >= 0.3 is 0 Å². The lowest BCUT2D eigenvalue weighted by molar-refractivity contribution is 0.953. The van der Waals surface area contributed by atoms with Crippen molar-refractivity contribution in [3.8, 4) is 56.7 Å². The predicted octanol–water partition coefficient (Wildman–Crippen LogP) is 15.1. The molecule has 9 aromatic carbocycles. The highest BCUT2D eigenvalue weighted by Gasteiger charge is 2.24. The Morgan fingerprint density at radius 1 is 0.302 bits per heavy atom. The minimum Gasteiger partial charge on any atom is -0.307 e. The maximum absolute atomic E-state index is 5.41. The third kappa shape index (κ3) is 5.73. The van der Waals surface area contributed by atoms with Crippen LogP contribution in [0.1, 0.15) is 0 Å². The average Bonchev–Trinajstić information content (AvgIpc) is 4.02. The Balaban J connectivity index is 1.07. The van der Waals surface area contributed by atoms with Gasteiger partial charge in [-0.3, -0.25) is 4.57 Å². The molecule has 13 aromatic rings. The van der Waals surface area contributed by atoms with Gasteiger partial charge in [-0.2, -0.15) is 9.97 Å². The van der Waals surface area contributed by atoms with Gasteiger partial charge in [-0.15, -0.1) is 11.3 Å². The van der Waals surface area contributed by atoms with Crippen molar-refractivity contribution in [2.45, 2.75) is 0 Å². The number of nitrogens with zero attached hydrogens (tertiary/aromatic N) is 5. The van der Waals surface area contributed by atoms with Crippen molar-refractivity contribution in [1.29, 1.82) is 0 Å². The number of aromatic nitrogens is 5. The highest BCUT2D eigenvalue weighted by Crippen LogP contribution is 2.43. The molecule has 4 heterocycles. The summed E-state index contributed by atoms with van der Waals surface area (Å²) in [6, 6.07) is 75.7. The highest BCUT2D eigenvalue weighted by molar-refractivity contribution is 7.25. The van der Waals surface area contributed by atoms with Gasteiger partial charge in [-0.05, 0) is 58.7 Å². The first-order chi connectivity index (χ1) is 31.2. The quantitative estimate of drug-likeness (QED) is 0.168. The fourth-order valence-electron chi connectivity index (χ4n) is 9.46. The average molecular weight is 822 g/mol. The summed E-state index contributed by atoms with van der Waals surface area (Å²) in [5.74, 6) is 1.82. The fourth-order valence-corrected chi connectivity index (χ4v) is 10.6. The lowest BCUT2D eigenvalue weighted by atomic mass is 10.00. The van der Waals surface area contributed by atoms with Crippen molar-refractivity contribution in [2.75, 3.05) is 0 Å². The second-order valence-electron chi connectivity index (χ2n) is 16.0. The van der Waals surface area contributed by atoms with Gasteiger partial charge in [0.05, 0.1) is 22.1 Å². The van der Waals surface area contributed by atoms with Crippen molar-refractivity contribution in [3.63, 3.8) is 0 Å². The minimum absolute atomic E-state index is 0.568. The van der Waals surface area contributed by atoms with Crippen LogP contribution < -0.4 is 0 Å². The Bertz CT molecular complexity index is 3900. The second-order valence-corrected chi connectivity index (χ2v) is 17.1. The van der Waals surface area contributed by atoms with Crippen molar-refractivity contribution in [1.82, 2.24) is 24.1 Å². The molecule has 63 heavy (non-hydrogen) atoms. The molecule has 0 aliphatic heterocycles. The number of hydrogen-bond acceptors (Lipinski definition) is 4. The SMILES string of the molecule is c1ccc(-c2ccc(-c3cccc(-n4c5ccccc5c5ccc6c7ccccc7n(-c7nc(-c8ccccc8)nc(-c8ccc9c(c8)sc8ccccc89)n7)c6c54)c3)cc2)cc1. The molecule has 0 N–H and O–H groups in total. The van der Waals surface area contributed by atoms with E-state index in [1.54, 1.807) is 11.3 Å². The summed E-state index contributed by atoms with van der Waals surface area (Å²) in [6.45, 7) is 0. The van der Waals surface area contributed by atoms with Crippen LogP contribution in [0.25, 0.3) is 120 Å². The van der Waals surface area contributed by atoms with Gasteiger partial charge in [-0.1, -0.05) is 176 Å². The van der Waals surface area contributed by atoms with Crippen molar-refractivity contribution in [3.05, 3.63) is 212 Å². The maximum atomic E-state index is 5.41. The van der Waals surface area contributed by atoms with Gasteiger partial charge < -0.3 is 4.57 Å². The molecule has 0 saturated carbocycles. The third-order valence-electron chi connectivity index (χ3n) is 12.4. The summed E-state index contributed by atoms with van der Waals surface area (Å²) in [5, 5.41) is 7.11. The molecule has 0 aliphatic rings. The van der Waals surface area contributed by atoms with E-state index < -0.39 is 0 Å². The minimum atomic E-state index is 0.568. The van der Waals surface area contributed by atoms with Crippen LogP contribution in [0.2, 0.25) is 0 Å². The van der Waals surface area contributed by atoms with Gasteiger partial charge in [0.25, 0.3) is 0 Å². The lowest BCUT2D eigenvalue weighted by Crippen LogP contribution is -2.07. The first kappa shape index (κ1) is 35.6. The van der Waals surface area contributed by atoms with Gasteiger partial charge in [0.2, 0.25) is 5.95 Å². The van der Waals surface area contributed by atoms with E-state index in [1.165, 1.54) is 36.7 Å². The molecule has 0 saturated heterocycles. The molecule has 294 valence electrons. The maximum Gasteiger partial charge on any atom is 0.238 e. The van der Waals surface area contributed by atoms with Crippen LogP contribution in [-0.4, -0.2) is 24.1 Å². The summed E-state index contributed by atoms with van der Waals surface area (Å²) in [7, 11) is 0. The highest BCUT2D eigenvalue weighted by atomic mass is 32.1. The number of hydrogen-bond donors (Lipinski definition) is 0. The van der Waals surface area contributed by atoms with Crippen molar-refractivity contribution >= 4 is 75.1 Å². The molecule has 4 aromatic heterocycles. The van der Waals surface area contributed by atoms with E-state index in [-0.39, 0.29) is 0 Å². The molecular weight excluding hydrogens is 787 g/mol. The summed E-state index contributed by atoms with van der Waals surface area (Å²) in [6.07, 6.45) is 0. The molecule has 5 nitrogen and oxygen atoms in total. The topological polar surface area (TPSA) is 48.5 Å². The van der Waals surface area contributed by atoms with Crippen LogP contribution in [0, 0.1) is 0 Å². The van der Waals surface area contributed by atoms with Crippen molar-refractivity contribution in [2.24, 2.45) is 0 Å². The Labute approximate surface area is 366 Å². The van der Waals surface area contributed by atoms with Crippen LogP contribution in [-0.2, 0) is 0 Å². The first-order valence-electron chi connectivity index (χ1n) is 21.2. The van der Waals surface area contributed by atoms with Gasteiger partial charge in [0.1, 0.15) is 0 Å². The molecule has 13 rings (SSSR count). The van der Waals surface area contributed by atoms with Crippen LogP contribution in [0.3, 0.4) is 0 Å². The first-order valence-corrected chi connectivity index (χ1v) is 22.0. The van der Waals surface area contributed by atoms with Crippen LogP contribution >= 0.6 is 11.3 Å². The number of thiophene rings is 1. The Morgan fingerprint density at radius 3 is 1.51 bits per heavy atom. The standard InChI is InChI=1S/C57H35N5S/c1-3-14-36(15-4-1)37-26-28-38(29-27-37)40-18-13-19-42(34-40)61-49-23-10-7-20-43(49)47-32-33-48-44-21-8-11-24-50(44)62(54(48)53(47)61)57-59-55(39-16-5-2-6-17-39)58-56(60-57)41-30-31-46-45-22-9-12-25-51(45)63-52(46)35-41/h1-35H. The van der Waals surface area contributed by atoms with Gasteiger partial charge in [0, 0.05) is 58.5 Å². The monoisotopic (exact) mass is 821 g/mol. The Hall–Kier alpha value is -8.19. The van der Waals surface area contributed by atoms with Crippen molar-refractivity contribution < 1.29 is 0 Å². The van der Waals surface area contributed by atoms with Crippen LogP contribution in [0.4, 0.5) is 0 Å². The molecule has 0 spiro atoms. The molecule has 0 bridgehead atoms. The van der Waals surface area contributed by atoms with E-state index in [2.05, 4.69) is 203 Å². The summed E-state index contributed by atoms with van der Waals surface area (Å²) in [5.41, 5.74) is 12.0. The summed E-state index contributed by atoms with van der Waals surface area (Å²) >= 11 is 1.80. The van der Waals surface area contributed by atoms with E-state index in [0.717, 1.165) is 66.2 Å². The zero-order valence-corrected chi connectivity index (χ0v) is 34.7. The molecule has 0 unspecified atom stereocenters. The van der Waals surface area contributed by atoms with E-state index in [9.17, 15) is 0 Å².